The van der Waals surface area contributed by atoms with Crippen LogP contribution < -0.4 is 5.32 Å². The van der Waals surface area contributed by atoms with E-state index >= 15 is 0 Å². The van der Waals surface area contributed by atoms with Gasteiger partial charge in [0.05, 0.1) is 0 Å². The van der Waals surface area contributed by atoms with Gasteiger partial charge in [-0.25, -0.2) is 0 Å². The third-order valence-electron chi connectivity index (χ3n) is 3.99. The van der Waals surface area contributed by atoms with Crippen molar-refractivity contribution in [2.45, 2.75) is 32.9 Å². The molecule has 1 aromatic rings. The Hall–Kier alpha value is -0.900. The summed E-state index contributed by atoms with van der Waals surface area (Å²) in [4.78, 5) is 4.96. The van der Waals surface area contributed by atoms with Gasteiger partial charge in [0.1, 0.15) is 0 Å². The Morgan fingerprint density at radius 3 is 2.20 bits per heavy atom. The van der Waals surface area contributed by atoms with Crippen LogP contribution in [-0.4, -0.2) is 55.6 Å². The molecule has 1 heterocycles. The SMILES string of the molecule is CC(C)NCCc1ccc(CN2CCN(C)CC2)cc1. The molecule has 0 aromatic heterocycles. The monoisotopic (exact) mass is 275 g/mol. The van der Waals surface area contributed by atoms with E-state index in [1.165, 1.54) is 37.3 Å². The van der Waals surface area contributed by atoms with Gasteiger partial charge in [-0.1, -0.05) is 38.1 Å². The summed E-state index contributed by atoms with van der Waals surface area (Å²) in [6.07, 6.45) is 1.12. The van der Waals surface area contributed by atoms with Crippen molar-refractivity contribution in [3.63, 3.8) is 0 Å². The Morgan fingerprint density at radius 2 is 1.60 bits per heavy atom. The normalized spacial score (nSPS) is 17.8. The molecule has 20 heavy (non-hydrogen) atoms. The van der Waals surface area contributed by atoms with Gasteiger partial charge in [0.2, 0.25) is 0 Å². The molecule has 1 saturated heterocycles. The summed E-state index contributed by atoms with van der Waals surface area (Å²) in [5.41, 5.74) is 2.87. The zero-order valence-electron chi connectivity index (χ0n) is 13.2. The molecule has 1 aliphatic heterocycles. The highest BCUT2D eigenvalue weighted by molar-refractivity contribution is 5.22. The maximum absolute atomic E-state index is 3.47. The molecular formula is C17H29N3. The number of benzene rings is 1. The van der Waals surface area contributed by atoms with Gasteiger partial charge in [0.25, 0.3) is 0 Å². The first-order valence-corrected chi connectivity index (χ1v) is 7.85. The maximum Gasteiger partial charge on any atom is 0.0234 e. The number of hydrogen-bond acceptors (Lipinski definition) is 3. The molecule has 1 fully saturated rings. The van der Waals surface area contributed by atoms with Crippen molar-refractivity contribution in [1.29, 1.82) is 0 Å². The van der Waals surface area contributed by atoms with Crippen molar-refractivity contribution in [2.24, 2.45) is 0 Å². The van der Waals surface area contributed by atoms with E-state index in [0.29, 0.717) is 6.04 Å². The number of nitrogens with zero attached hydrogens (tertiary/aromatic N) is 2. The van der Waals surface area contributed by atoms with Crippen LogP contribution in [0.25, 0.3) is 0 Å². The summed E-state index contributed by atoms with van der Waals surface area (Å²) < 4.78 is 0. The number of hydrogen-bond donors (Lipinski definition) is 1. The van der Waals surface area contributed by atoms with E-state index in [0.717, 1.165) is 19.5 Å². The van der Waals surface area contributed by atoms with Crippen molar-refractivity contribution in [1.82, 2.24) is 15.1 Å². The first kappa shape index (κ1) is 15.5. The lowest BCUT2D eigenvalue weighted by molar-refractivity contribution is 0.148. The van der Waals surface area contributed by atoms with Gasteiger partial charge in [0.15, 0.2) is 0 Å². The third-order valence-corrected chi connectivity index (χ3v) is 3.99. The van der Waals surface area contributed by atoms with E-state index in [2.05, 4.69) is 60.3 Å². The van der Waals surface area contributed by atoms with Crippen LogP contribution >= 0.6 is 0 Å². The van der Waals surface area contributed by atoms with Crippen LogP contribution in [0, 0.1) is 0 Å². The molecular weight excluding hydrogens is 246 g/mol. The zero-order chi connectivity index (χ0) is 14.4. The molecule has 0 unspecified atom stereocenters. The van der Waals surface area contributed by atoms with Gasteiger partial charge < -0.3 is 10.2 Å². The second-order valence-electron chi connectivity index (χ2n) is 6.25. The van der Waals surface area contributed by atoms with Crippen LogP contribution in [0.15, 0.2) is 24.3 Å². The van der Waals surface area contributed by atoms with Crippen molar-refractivity contribution >= 4 is 0 Å². The molecule has 112 valence electrons. The summed E-state index contributed by atoms with van der Waals surface area (Å²) in [6.45, 7) is 11.3. The minimum atomic E-state index is 0.575. The lowest BCUT2D eigenvalue weighted by atomic mass is 10.1. The van der Waals surface area contributed by atoms with Gasteiger partial charge >= 0.3 is 0 Å². The Labute approximate surface area is 124 Å². The molecule has 3 nitrogen and oxygen atoms in total. The van der Waals surface area contributed by atoms with Crippen LogP contribution in [0.3, 0.4) is 0 Å². The molecule has 0 spiro atoms. The molecule has 0 aliphatic carbocycles. The van der Waals surface area contributed by atoms with E-state index in [9.17, 15) is 0 Å². The molecule has 1 aliphatic rings. The fraction of sp³-hybridized carbons (Fsp3) is 0.647. The second-order valence-corrected chi connectivity index (χ2v) is 6.25. The summed E-state index contributed by atoms with van der Waals surface area (Å²) >= 11 is 0. The molecule has 2 rings (SSSR count). The minimum Gasteiger partial charge on any atom is -0.314 e. The highest BCUT2D eigenvalue weighted by Crippen LogP contribution is 2.10. The average Bonchev–Trinajstić information content (AvgIpc) is 2.43. The topological polar surface area (TPSA) is 18.5 Å². The maximum atomic E-state index is 3.47. The average molecular weight is 275 g/mol. The first-order chi connectivity index (χ1) is 9.63. The number of piperazine rings is 1. The summed E-state index contributed by atoms with van der Waals surface area (Å²) in [5.74, 6) is 0. The predicted molar refractivity (Wildman–Crippen MR) is 86.1 cm³/mol. The largest absolute Gasteiger partial charge is 0.314 e. The molecule has 0 bridgehead atoms. The van der Waals surface area contributed by atoms with Crippen LogP contribution in [0.4, 0.5) is 0 Å². The Kier molecular flexibility index (Phi) is 6.02. The lowest BCUT2D eigenvalue weighted by Crippen LogP contribution is -2.43. The fourth-order valence-electron chi connectivity index (χ4n) is 2.58. The molecule has 0 saturated carbocycles. The van der Waals surface area contributed by atoms with E-state index in [1.54, 1.807) is 0 Å². The zero-order valence-corrected chi connectivity index (χ0v) is 13.2. The van der Waals surface area contributed by atoms with E-state index in [4.69, 9.17) is 0 Å². The van der Waals surface area contributed by atoms with E-state index < -0.39 is 0 Å². The van der Waals surface area contributed by atoms with Gasteiger partial charge in [0, 0.05) is 38.8 Å². The van der Waals surface area contributed by atoms with Crippen LogP contribution in [-0.2, 0) is 13.0 Å². The molecule has 0 amide bonds. The molecule has 0 radical (unpaired) electrons. The summed E-state index contributed by atoms with van der Waals surface area (Å²) in [6, 6.07) is 9.74. The standard InChI is InChI=1S/C17H29N3/c1-15(2)18-9-8-16-4-6-17(7-5-16)14-20-12-10-19(3)11-13-20/h4-7,15,18H,8-14H2,1-3H3. The minimum absolute atomic E-state index is 0.575. The van der Waals surface area contributed by atoms with Gasteiger partial charge in [-0.2, -0.15) is 0 Å². The van der Waals surface area contributed by atoms with Crippen LogP contribution in [0.5, 0.6) is 0 Å². The predicted octanol–water partition coefficient (Wildman–Crippen LogP) is 1.97. The van der Waals surface area contributed by atoms with E-state index in [1.807, 2.05) is 0 Å². The molecule has 0 atom stereocenters. The summed E-state index contributed by atoms with van der Waals surface area (Å²) in [7, 11) is 2.21. The quantitative estimate of drug-likeness (QED) is 0.856. The summed E-state index contributed by atoms with van der Waals surface area (Å²) in [5, 5.41) is 3.47. The highest BCUT2D eigenvalue weighted by Gasteiger charge is 2.13. The van der Waals surface area contributed by atoms with Crippen LogP contribution in [0.1, 0.15) is 25.0 Å². The molecule has 3 heteroatoms. The van der Waals surface area contributed by atoms with Gasteiger partial charge in [-0.05, 0) is 31.1 Å². The highest BCUT2D eigenvalue weighted by atomic mass is 15.2. The van der Waals surface area contributed by atoms with Gasteiger partial charge in [-0.3, -0.25) is 4.90 Å². The Bertz CT molecular complexity index is 378. The number of likely N-dealkylation sites (N-methyl/N-ethyl adjacent to an activating group) is 1. The number of nitrogens with one attached hydrogen (secondary N) is 1. The van der Waals surface area contributed by atoms with Crippen molar-refractivity contribution < 1.29 is 0 Å². The third kappa shape index (κ3) is 5.23. The lowest BCUT2D eigenvalue weighted by Gasteiger charge is -2.32. The van der Waals surface area contributed by atoms with Gasteiger partial charge in [-0.15, -0.1) is 0 Å². The van der Waals surface area contributed by atoms with E-state index in [-0.39, 0.29) is 0 Å². The Morgan fingerprint density at radius 1 is 1.00 bits per heavy atom. The van der Waals surface area contributed by atoms with Crippen molar-refractivity contribution in [3.8, 4) is 0 Å². The molecule has 1 N–H and O–H groups in total. The fourth-order valence-corrected chi connectivity index (χ4v) is 2.58. The molecule has 1 aromatic carbocycles. The van der Waals surface area contributed by atoms with Crippen molar-refractivity contribution in [3.05, 3.63) is 35.4 Å². The smallest absolute Gasteiger partial charge is 0.0234 e. The Balaban J connectivity index is 1.76. The second kappa shape index (κ2) is 7.77. The number of rotatable bonds is 6. The van der Waals surface area contributed by atoms with Crippen LogP contribution in [0.2, 0.25) is 0 Å². The van der Waals surface area contributed by atoms with Crippen molar-refractivity contribution in [2.75, 3.05) is 39.8 Å². The first-order valence-electron chi connectivity index (χ1n) is 7.85.